The van der Waals surface area contributed by atoms with Crippen molar-refractivity contribution in [3.8, 4) is 0 Å². The van der Waals surface area contributed by atoms with E-state index >= 15 is 0 Å². The van der Waals surface area contributed by atoms with Crippen LogP contribution in [0.25, 0.3) is 5.70 Å². The molecule has 1 aliphatic heterocycles. The Morgan fingerprint density at radius 1 is 1.08 bits per heavy atom. The fraction of sp³-hybridized carbons (Fsp3) is 0. The second-order valence-corrected chi connectivity index (χ2v) is 7.02. The summed E-state index contributed by atoms with van der Waals surface area (Å²) < 4.78 is 24.7. The molecule has 0 saturated heterocycles. The molecule has 2 aromatic carbocycles. The minimum atomic E-state index is -3.79. The first-order chi connectivity index (χ1) is 11.4. The van der Waals surface area contributed by atoms with Crippen LogP contribution in [0.4, 0.5) is 0 Å². The van der Waals surface area contributed by atoms with E-state index in [4.69, 9.17) is 17.3 Å². The summed E-state index contributed by atoms with van der Waals surface area (Å²) in [6.07, 6.45) is 1.59. The smallest absolute Gasteiger partial charge is 0.260 e. The molecule has 0 fully saturated rings. The Bertz CT molecular complexity index is 895. The number of hydrogen-bond acceptors (Lipinski definition) is 6. The van der Waals surface area contributed by atoms with Crippen molar-refractivity contribution < 1.29 is 8.42 Å². The molecule has 3 rings (SSSR count). The van der Waals surface area contributed by atoms with E-state index in [0.717, 1.165) is 10.8 Å². The third-order valence-electron chi connectivity index (χ3n) is 3.15. The van der Waals surface area contributed by atoms with Crippen LogP contribution in [0.3, 0.4) is 0 Å². The van der Waals surface area contributed by atoms with Crippen molar-refractivity contribution in [2.75, 3.05) is 0 Å². The number of nitrogens with two attached hydrogens (primary N) is 1. The number of hydrogen-bond donors (Lipinski definition) is 3. The standard InChI is InChI=1S/C15H14ClN5O2S/c16-12-8-6-11(7-9-12)14-10-15(17)19-21(18-14)20-24(22,23)13-4-2-1-3-5-13/h1-10,18,20H,(H2,17,19). The van der Waals surface area contributed by atoms with Crippen LogP contribution in [0, 0.1) is 0 Å². The van der Waals surface area contributed by atoms with Gasteiger partial charge in [0, 0.05) is 11.1 Å². The van der Waals surface area contributed by atoms with Crippen LogP contribution in [0.1, 0.15) is 5.56 Å². The highest BCUT2D eigenvalue weighted by Gasteiger charge is 2.20. The maximum Gasteiger partial charge on any atom is 0.260 e. The van der Waals surface area contributed by atoms with E-state index in [2.05, 4.69) is 15.4 Å². The zero-order valence-electron chi connectivity index (χ0n) is 12.3. The summed E-state index contributed by atoms with van der Waals surface area (Å²) in [6.45, 7) is 0. The predicted molar refractivity (Wildman–Crippen MR) is 92.8 cm³/mol. The Morgan fingerprint density at radius 3 is 2.42 bits per heavy atom. The van der Waals surface area contributed by atoms with E-state index < -0.39 is 10.0 Å². The van der Waals surface area contributed by atoms with E-state index in [9.17, 15) is 8.42 Å². The van der Waals surface area contributed by atoms with E-state index in [1.54, 1.807) is 48.5 Å². The molecule has 124 valence electrons. The molecule has 0 aliphatic carbocycles. The number of sulfonamides is 1. The molecule has 0 spiro atoms. The molecule has 0 radical (unpaired) electrons. The van der Waals surface area contributed by atoms with Gasteiger partial charge in [0.05, 0.1) is 10.6 Å². The van der Waals surface area contributed by atoms with E-state index in [-0.39, 0.29) is 10.7 Å². The van der Waals surface area contributed by atoms with Gasteiger partial charge in [0.2, 0.25) is 0 Å². The van der Waals surface area contributed by atoms with Crippen LogP contribution in [0.15, 0.2) is 70.7 Å². The monoisotopic (exact) mass is 363 g/mol. The maximum atomic E-state index is 12.4. The Labute approximate surface area is 144 Å². The number of rotatable bonds is 4. The molecule has 0 bridgehead atoms. The van der Waals surface area contributed by atoms with Gasteiger partial charge in [0.15, 0.2) is 0 Å². The van der Waals surface area contributed by atoms with Crippen molar-refractivity contribution in [2.45, 2.75) is 4.90 Å². The molecule has 1 heterocycles. The topological polar surface area (TPSA) is 99.8 Å². The molecule has 9 heteroatoms. The highest BCUT2D eigenvalue weighted by atomic mass is 35.5. The van der Waals surface area contributed by atoms with Crippen molar-refractivity contribution in [1.82, 2.24) is 15.5 Å². The second-order valence-electron chi connectivity index (χ2n) is 4.92. The predicted octanol–water partition coefficient (Wildman–Crippen LogP) is 1.67. The van der Waals surface area contributed by atoms with Gasteiger partial charge < -0.3 is 5.73 Å². The molecular formula is C15H14ClN5O2S. The lowest BCUT2D eigenvalue weighted by molar-refractivity contribution is 0.203. The SMILES string of the molecule is NC1=NN(NS(=O)(=O)c2ccccc2)NC(c2ccc(Cl)cc2)=C1. The molecule has 0 saturated carbocycles. The molecule has 4 N–H and O–H groups in total. The number of benzene rings is 2. The normalized spacial score (nSPS) is 14.6. The molecule has 7 nitrogen and oxygen atoms in total. The van der Waals surface area contributed by atoms with Gasteiger partial charge in [-0.3, -0.25) is 5.43 Å². The summed E-state index contributed by atoms with van der Waals surface area (Å²) in [5.41, 5.74) is 9.97. The summed E-state index contributed by atoms with van der Waals surface area (Å²) in [5.74, 6) is 0.148. The number of hydrazine groups is 2. The van der Waals surface area contributed by atoms with Crippen molar-refractivity contribution in [3.63, 3.8) is 0 Å². The Morgan fingerprint density at radius 2 is 1.75 bits per heavy atom. The molecule has 0 aromatic heterocycles. The highest BCUT2D eigenvalue weighted by Crippen LogP contribution is 2.18. The lowest BCUT2D eigenvalue weighted by Crippen LogP contribution is -2.49. The summed E-state index contributed by atoms with van der Waals surface area (Å²) in [5, 5.41) is 5.47. The van der Waals surface area contributed by atoms with Crippen LogP contribution in [0.5, 0.6) is 0 Å². The van der Waals surface area contributed by atoms with Gasteiger partial charge >= 0.3 is 0 Å². The summed E-state index contributed by atoms with van der Waals surface area (Å²) in [7, 11) is -3.79. The van der Waals surface area contributed by atoms with Crippen molar-refractivity contribution in [3.05, 3.63) is 71.3 Å². The van der Waals surface area contributed by atoms with Crippen LogP contribution < -0.4 is 16.0 Å². The second kappa shape index (κ2) is 6.52. The van der Waals surface area contributed by atoms with Crippen LogP contribution in [-0.4, -0.2) is 19.5 Å². The Kier molecular flexibility index (Phi) is 4.43. The zero-order chi connectivity index (χ0) is 17.2. The summed E-state index contributed by atoms with van der Waals surface area (Å²) >= 11 is 5.87. The zero-order valence-corrected chi connectivity index (χ0v) is 13.9. The molecule has 1 aliphatic rings. The number of halogens is 1. The average molecular weight is 364 g/mol. The minimum Gasteiger partial charge on any atom is -0.382 e. The lowest BCUT2D eigenvalue weighted by atomic mass is 10.1. The minimum absolute atomic E-state index is 0.114. The summed E-state index contributed by atoms with van der Waals surface area (Å²) in [4.78, 5) is 2.43. The van der Waals surface area contributed by atoms with E-state index in [1.165, 1.54) is 12.1 Å². The molecule has 2 aromatic rings. The van der Waals surface area contributed by atoms with Crippen molar-refractivity contribution in [1.29, 1.82) is 0 Å². The number of amidine groups is 1. The fourth-order valence-electron chi connectivity index (χ4n) is 2.05. The van der Waals surface area contributed by atoms with Crippen LogP contribution in [0.2, 0.25) is 5.02 Å². The van der Waals surface area contributed by atoms with Gasteiger partial charge in [-0.05, 0) is 29.8 Å². The number of nitrogens with one attached hydrogen (secondary N) is 2. The van der Waals surface area contributed by atoms with Crippen molar-refractivity contribution >= 4 is 33.2 Å². The third-order valence-corrected chi connectivity index (χ3v) is 4.71. The van der Waals surface area contributed by atoms with Crippen LogP contribution >= 0.6 is 11.6 Å². The Balaban J connectivity index is 1.82. The average Bonchev–Trinajstić information content (AvgIpc) is 2.55. The molecule has 0 atom stereocenters. The fourth-order valence-corrected chi connectivity index (χ4v) is 3.11. The summed E-state index contributed by atoms with van der Waals surface area (Å²) in [6, 6.07) is 15.0. The van der Waals surface area contributed by atoms with Crippen LogP contribution in [-0.2, 0) is 10.0 Å². The third kappa shape index (κ3) is 3.67. The molecule has 0 unspecified atom stereocenters. The Hall–Kier alpha value is -2.55. The first-order valence-electron chi connectivity index (χ1n) is 6.90. The van der Waals surface area contributed by atoms with E-state index in [1.807, 2.05) is 0 Å². The maximum absolute atomic E-state index is 12.4. The van der Waals surface area contributed by atoms with Gasteiger partial charge in [-0.15, -0.1) is 10.3 Å². The first-order valence-corrected chi connectivity index (χ1v) is 8.76. The van der Waals surface area contributed by atoms with Gasteiger partial charge in [-0.1, -0.05) is 46.8 Å². The number of nitrogens with zero attached hydrogens (tertiary/aromatic N) is 2. The molecular weight excluding hydrogens is 350 g/mol. The van der Waals surface area contributed by atoms with Gasteiger partial charge in [0.25, 0.3) is 10.0 Å². The van der Waals surface area contributed by atoms with Gasteiger partial charge in [0.1, 0.15) is 5.84 Å². The van der Waals surface area contributed by atoms with Crippen molar-refractivity contribution in [2.24, 2.45) is 10.8 Å². The first kappa shape index (κ1) is 16.3. The molecule has 24 heavy (non-hydrogen) atoms. The lowest BCUT2D eigenvalue weighted by Gasteiger charge is -2.26. The number of hydrazone groups is 1. The highest BCUT2D eigenvalue weighted by molar-refractivity contribution is 7.89. The largest absolute Gasteiger partial charge is 0.382 e. The quantitative estimate of drug-likeness (QED) is 0.767. The van der Waals surface area contributed by atoms with Gasteiger partial charge in [-0.25, -0.2) is 8.42 Å². The molecule has 0 amide bonds. The van der Waals surface area contributed by atoms with E-state index in [0.29, 0.717) is 10.7 Å². The van der Waals surface area contributed by atoms with Gasteiger partial charge in [-0.2, -0.15) is 0 Å².